The van der Waals surface area contributed by atoms with E-state index in [0.29, 0.717) is 23.6 Å². The molecule has 0 aromatic heterocycles. The number of amidine groups is 1. The first-order valence-electron chi connectivity index (χ1n) is 6.12. The van der Waals surface area contributed by atoms with Gasteiger partial charge in [-0.3, -0.25) is 4.72 Å². The van der Waals surface area contributed by atoms with Gasteiger partial charge in [-0.25, -0.2) is 4.21 Å². The summed E-state index contributed by atoms with van der Waals surface area (Å²) in [5.41, 5.74) is 7.12. The van der Waals surface area contributed by atoms with E-state index >= 15 is 0 Å². The van der Waals surface area contributed by atoms with Crippen LogP contribution < -0.4 is 15.2 Å². The number of nitrogens with zero attached hydrogens (tertiary/aromatic N) is 1. The summed E-state index contributed by atoms with van der Waals surface area (Å²) in [7, 11) is 0. The molecular formula is C12H17N3O3S. The lowest BCUT2D eigenvalue weighted by molar-refractivity contribution is 0.266. The monoisotopic (exact) mass is 283 g/mol. The zero-order chi connectivity index (χ0) is 13.7. The van der Waals surface area contributed by atoms with Gasteiger partial charge in [0.1, 0.15) is 11.6 Å². The third kappa shape index (κ3) is 3.45. The second-order valence-corrected chi connectivity index (χ2v) is 5.02. The summed E-state index contributed by atoms with van der Waals surface area (Å²) < 4.78 is 23.5. The van der Waals surface area contributed by atoms with E-state index in [-0.39, 0.29) is 12.4 Å². The van der Waals surface area contributed by atoms with Crippen molar-refractivity contribution in [2.45, 2.75) is 19.3 Å². The van der Waals surface area contributed by atoms with E-state index < -0.39 is 11.2 Å². The van der Waals surface area contributed by atoms with Gasteiger partial charge in [-0.15, -0.1) is 0 Å². The Kier molecular flexibility index (Phi) is 4.75. The molecule has 0 saturated carbocycles. The Bertz CT molecular complexity index is 505. The molecule has 0 aliphatic carbocycles. The fraction of sp³-hybridized carbons (Fsp3) is 0.417. The highest BCUT2D eigenvalue weighted by Crippen LogP contribution is 2.29. The molecule has 1 aliphatic rings. The van der Waals surface area contributed by atoms with Gasteiger partial charge in [-0.1, -0.05) is 6.07 Å². The second-order valence-electron chi connectivity index (χ2n) is 4.14. The van der Waals surface area contributed by atoms with Gasteiger partial charge in [-0.05, 0) is 31.4 Å². The maximum absolute atomic E-state index is 11.3. The molecular weight excluding hydrogens is 266 g/mol. The Morgan fingerprint density at radius 3 is 3.00 bits per heavy atom. The van der Waals surface area contributed by atoms with E-state index in [1.54, 1.807) is 6.07 Å². The minimum atomic E-state index is -1.52. The van der Waals surface area contributed by atoms with Crippen molar-refractivity contribution in [2.24, 2.45) is 10.1 Å². The molecule has 1 atom stereocenters. The Balaban J connectivity index is 2.05. The summed E-state index contributed by atoms with van der Waals surface area (Å²) in [6.07, 6.45) is 2.55. The molecule has 1 aromatic rings. The summed E-state index contributed by atoms with van der Waals surface area (Å²) in [5.74, 6) is 0.852. The van der Waals surface area contributed by atoms with E-state index in [0.717, 1.165) is 19.3 Å². The lowest BCUT2D eigenvalue weighted by atomic mass is 10.1. The lowest BCUT2D eigenvalue weighted by Gasteiger charge is -2.18. The van der Waals surface area contributed by atoms with Gasteiger partial charge in [0.2, 0.25) is 11.2 Å². The van der Waals surface area contributed by atoms with Gasteiger partial charge in [0, 0.05) is 6.61 Å². The van der Waals surface area contributed by atoms with Crippen LogP contribution in [0.25, 0.3) is 0 Å². The Morgan fingerprint density at radius 2 is 2.21 bits per heavy atom. The molecule has 0 fully saturated rings. The molecule has 1 aliphatic heterocycles. The number of benzene rings is 1. The standard InChI is InChI=1S/C12H17N3O3S/c13-12-11-9(14-19(17)15-12)5-4-6-10(11)18-8-3-1-2-7-16/h4-6,14,16H,1-3,7-8H2,(H2,13,15). The van der Waals surface area contributed by atoms with Crippen molar-refractivity contribution < 1.29 is 14.1 Å². The number of hydrogen-bond donors (Lipinski definition) is 3. The molecule has 1 aromatic carbocycles. The quantitative estimate of drug-likeness (QED) is 0.677. The van der Waals surface area contributed by atoms with Gasteiger partial charge in [0.05, 0.1) is 17.9 Å². The molecule has 4 N–H and O–H groups in total. The third-order valence-corrected chi connectivity index (χ3v) is 3.48. The van der Waals surface area contributed by atoms with E-state index in [1.807, 2.05) is 12.1 Å². The first-order valence-corrected chi connectivity index (χ1v) is 7.23. The molecule has 6 nitrogen and oxygen atoms in total. The average molecular weight is 283 g/mol. The van der Waals surface area contributed by atoms with Crippen LogP contribution in [-0.2, 0) is 11.2 Å². The van der Waals surface area contributed by atoms with Crippen molar-refractivity contribution in [3.63, 3.8) is 0 Å². The number of nitrogens with two attached hydrogens (primary N) is 1. The summed E-state index contributed by atoms with van der Waals surface area (Å²) >= 11 is -1.52. The zero-order valence-corrected chi connectivity index (χ0v) is 11.3. The molecule has 1 heterocycles. The Hall–Kier alpha value is -1.60. The molecule has 104 valence electrons. The van der Waals surface area contributed by atoms with E-state index in [9.17, 15) is 4.21 Å². The number of nitrogens with one attached hydrogen (secondary N) is 1. The molecule has 7 heteroatoms. The van der Waals surface area contributed by atoms with Gasteiger partial charge in [0.25, 0.3) is 0 Å². The third-order valence-electron chi connectivity index (χ3n) is 2.72. The number of hydrogen-bond acceptors (Lipinski definition) is 4. The van der Waals surface area contributed by atoms with Gasteiger partial charge in [-0.2, -0.15) is 4.40 Å². The normalized spacial score (nSPS) is 17.3. The second kappa shape index (κ2) is 6.53. The van der Waals surface area contributed by atoms with Crippen LogP contribution in [0.4, 0.5) is 5.69 Å². The minimum Gasteiger partial charge on any atom is -0.493 e. The van der Waals surface area contributed by atoms with Gasteiger partial charge >= 0.3 is 0 Å². The number of fused-ring (bicyclic) bond motifs is 1. The fourth-order valence-electron chi connectivity index (χ4n) is 1.83. The molecule has 19 heavy (non-hydrogen) atoms. The van der Waals surface area contributed by atoms with Crippen LogP contribution in [0.2, 0.25) is 0 Å². The summed E-state index contributed by atoms with van der Waals surface area (Å²) in [6, 6.07) is 5.40. The number of rotatable bonds is 6. The van der Waals surface area contributed by atoms with Crippen LogP contribution in [0.3, 0.4) is 0 Å². The van der Waals surface area contributed by atoms with Crippen LogP contribution in [0, 0.1) is 0 Å². The largest absolute Gasteiger partial charge is 0.493 e. The highest BCUT2D eigenvalue weighted by atomic mass is 32.2. The van der Waals surface area contributed by atoms with Crippen molar-refractivity contribution in [2.75, 3.05) is 17.9 Å². The first kappa shape index (κ1) is 13.8. The van der Waals surface area contributed by atoms with Crippen LogP contribution in [0.5, 0.6) is 5.75 Å². The first-order chi connectivity index (χ1) is 9.22. The maximum atomic E-state index is 11.3. The molecule has 0 amide bonds. The number of anilines is 1. The SMILES string of the molecule is NC1=NS(=O)Nc2cccc(OCCCCCO)c21. The Labute approximate surface area is 114 Å². The van der Waals surface area contributed by atoms with Crippen molar-refractivity contribution >= 4 is 22.7 Å². The predicted octanol–water partition coefficient (Wildman–Crippen LogP) is 0.937. The highest BCUT2D eigenvalue weighted by molar-refractivity contribution is 7.85. The van der Waals surface area contributed by atoms with Crippen LogP contribution in [-0.4, -0.2) is 28.4 Å². The molecule has 0 bridgehead atoms. The lowest BCUT2D eigenvalue weighted by Crippen LogP contribution is -2.24. The fourth-order valence-corrected chi connectivity index (χ4v) is 2.50. The molecule has 0 radical (unpaired) electrons. The van der Waals surface area contributed by atoms with Crippen molar-refractivity contribution in [1.29, 1.82) is 0 Å². The van der Waals surface area contributed by atoms with Gasteiger partial charge in [0.15, 0.2) is 0 Å². The van der Waals surface area contributed by atoms with Crippen LogP contribution in [0.15, 0.2) is 22.6 Å². The van der Waals surface area contributed by atoms with Crippen LogP contribution in [0.1, 0.15) is 24.8 Å². The van der Waals surface area contributed by atoms with Crippen LogP contribution >= 0.6 is 0 Å². The van der Waals surface area contributed by atoms with Crippen molar-refractivity contribution in [3.8, 4) is 5.75 Å². The van der Waals surface area contributed by atoms with E-state index in [4.69, 9.17) is 15.6 Å². The van der Waals surface area contributed by atoms with E-state index in [2.05, 4.69) is 9.12 Å². The summed E-state index contributed by atoms with van der Waals surface area (Å²) in [6.45, 7) is 0.753. The van der Waals surface area contributed by atoms with Crippen molar-refractivity contribution in [3.05, 3.63) is 23.8 Å². The number of unbranched alkanes of at least 4 members (excludes halogenated alkanes) is 2. The topological polar surface area (TPSA) is 96.9 Å². The smallest absolute Gasteiger partial charge is 0.245 e. The predicted molar refractivity (Wildman–Crippen MR) is 75.4 cm³/mol. The summed E-state index contributed by atoms with van der Waals surface area (Å²) in [4.78, 5) is 0. The molecule has 2 rings (SSSR count). The summed E-state index contributed by atoms with van der Waals surface area (Å²) in [5, 5.41) is 8.69. The van der Waals surface area contributed by atoms with Crippen molar-refractivity contribution in [1.82, 2.24) is 0 Å². The number of aliphatic hydroxyl groups is 1. The minimum absolute atomic E-state index is 0.204. The average Bonchev–Trinajstić information content (AvgIpc) is 2.37. The molecule has 1 unspecified atom stereocenters. The molecule has 0 spiro atoms. The highest BCUT2D eigenvalue weighted by Gasteiger charge is 2.19. The van der Waals surface area contributed by atoms with E-state index in [1.165, 1.54) is 0 Å². The maximum Gasteiger partial charge on any atom is 0.245 e. The van der Waals surface area contributed by atoms with Gasteiger partial charge < -0.3 is 15.6 Å². The number of aliphatic hydroxyl groups excluding tert-OH is 1. The number of ether oxygens (including phenoxy) is 1. The molecule has 0 saturated heterocycles. The Morgan fingerprint density at radius 1 is 1.37 bits per heavy atom. The zero-order valence-electron chi connectivity index (χ0n) is 10.5.